The van der Waals surface area contributed by atoms with Crippen molar-refractivity contribution in [2.24, 2.45) is 0 Å². The Kier molecular flexibility index (Phi) is 5.67. The molecule has 1 aromatic heterocycles. The van der Waals surface area contributed by atoms with E-state index in [1.807, 2.05) is 19.1 Å². The first kappa shape index (κ1) is 19.6. The molecule has 0 bridgehead atoms. The van der Waals surface area contributed by atoms with Gasteiger partial charge in [-0.25, -0.2) is 4.79 Å². The van der Waals surface area contributed by atoms with Crippen molar-refractivity contribution < 1.29 is 19.1 Å². The minimum Gasteiger partial charge on any atom is -0.451 e. The SMILES string of the molecule is CC1CC(=O)Nc2ccccc2N1C(=O)COC(=O)c1cc2c(s1)CCCCC2. The third-order valence-electron chi connectivity index (χ3n) is 5.40. The maximum atomic E-state index is 12.9. The van der Waals surface area contributed by atoms with E-state index in [1.54, 1.807) is 23.1 Å². The molecule has 0 radical (unpaired) electrons. The van der Waals surface area contributed by atoms with Gasteiger partial charge in [-0.2, -0.15) is 0 Å². The van der Waals surface area contributed by atoms with Gasteiger partial charge in [0.05, 0.1) is 11.4 Å². The maximum Gasteiger partial charge on any atom is 0.348 e. The van der Waals surface area contributed by atoms with Crippen LogP contribution in [0.4, 0.5) is 11.4 Å². The molecule has 2 aromatic rings. The lowest BCUT2D eigenvalue weighted by Gasteiger charge is -2.27. The topological polar surface area (TPSA) is 75.7 Å². The smallest absolute Gasteiger partial charge is 0.348 e. The third-order valence-corrected chi connectivity index (χ3v) is 6.62. The monoisotopic (exact) mass is 412 g/mol. The standard InChI is InChI=1S/C22H24N2O4S/c1-14-11-20(25)23-16-8-5-6-9-17(16)24(14)21(26)13-28-22(27)19-12-15-7-3-2-4-10-18(15)29-19/h5-6,8-9,12,14H,2-4,7,10-11,13H2,1H3,(H,23,25). The number of carbonyl (C=O) groups is 3. The summed E-state index contributed by atoms with van der Waals surface area (Å²) < 4.78 is 5.36. The minimum atomic E-state index is -0.457. The van der Waals surface area contributed by atoms with Gasteiger partial charge >= 0.3 is 5.97 Å². The van der Waals surface area contributed by atoms with Crippen molar-refractivity contribution in [3.63, 3.8) is 0 Å². The van der Waals surface area contributed by atoms with E-state index in [2.05, 4.69) is 5.32 Å². The van der Waals surface area contributed by atoms with Crippen LogP contribution < -0.4 is 10.2 Å². The molecule has 152 valence electrons. The van der Waals surface area contributed by atoms with E-state index in [1.165, 1.54) is 28.2 Å². The van der Waals surface area contributed by atoms with Crippen molar-refractivity contribution >= 4 is 40.5 Å². The Morgan fingerprint density at radius 2 is 2.00 bits per heavy atom. The Balaban J connectivity index is 1.46. The van der Waals surface area contributed by atoms with Crippen molar-refractivity contribution in [2.75, 3.05) is 16.8 Å². The van der Waals surface area contributed by atoms with Gasteiger partial charge in [0.2, 0.25) is 5.91 Å². The van der Waals surface area contributed by atoms with Gasteiger partial charge in [0.25, 0.3) is 5.91 Å². The van der Waals surface area contributed by atoms with Gasteiger partial charge < -0.3 is 15.0 Å². The highest BCUT2D eigenvalue weighted by atomic mass is 32.1. The molecule has 6 nitrogen and oxygen atoms in total. The first-order valence-corrected chi connectivity index (χ1v) is 10.8. The number of carbonyl (C=O) groups excluding carboxylic acids is 3. The molecule has 29 heavy (non-hydrogen) atoms. The first-order valence-electron chi connectivity index (χ1n) is 10.0. The van der Waals surface area contributed by atoms with Crippen molar-refractivity contribution in [3.05, 3.63) is 45.6 Å². The number of aryl methyl sites for hydroxylation is 2. The van der Waals surface area contributed by atoms with E-state index < -0.39 is 5.97 Å². The van der Waals surface area contributed by atoms with E-state index in [0.717, 1.165) is 25.7 Å². The van der Waals surface area contributed by atoms with Crippen LogP contribution in [0.2, 0.25) is 0 Å². The summed E-state index contributed by atoms with van der Waals surface area (Å²) in [6.07, 6.45) is 5.72. The highest BCUT2D eigenvalue weighted by Crippen LogP contribution is 2.32. The average molecular weight is 413 g/mol. The second kappa shape index (κ2) is 8.37. The number of nitrogens with one attached hydrogen (secondary N) is 1. The normalized spacial score (nSPS) is 18.7. The molecule has 0 fully saturated rings. The quantitative estimate of drug-likeness (QED) is 0.612. The van der Waals surface area contributed by atoms with Crippen LogP contribution in [0.15, 0.2) is 30.3 Å². The van der Waals surface area contributed by atoms with Gasteiger partial charge in [0, 0.05) is 17.3 Å². The van der Waals surface area contributed by atoms with E-state index in [0.29, 0.717) is 16.3 Å². The van der Waals surface area contributed by atoms with E-state index in [9.17, 15) is 14.4 Å². The second-order valence-electron chi connectivity index (χ2n) is 7.58. The van der Waals surface area contributed by atoms with E-state index >= 15 is 0 Å². The van der Waals surface area contributed by atoms with Crippen molar-refractivity contribution in [2.45, 2.75) is 51.5 Å². The number of thiophene rings is 1. The zero-order valence-corrected chi connectivity index (χ0v) is 17.2. The number of hydrogen-bond acceptors (Lipinski definition) is 5. The fourth-order valence-corrected chi connectivity index (χ4v) is 5.15. The Hall–Kier alpha value is -2.67. The molecule has 2 aliphatic rings. The van der Waals surface area contributed by atoms with Gasteiger partial charge in [-0.3, -0.25) is 9.59 Å². The van der Waals surface area contributed by atoms with Crippen molar-refractivity contribution in [1.29, 1.82) is 0 Å². The summed E-state index contributed by atoms with van der Waals surface area (Å²) in [7, 11) is 0. The predicted octanol–water partition coefficient (Wildman–Crippen LogP) is 3.94. The summed E-state index contributed by atoms with van der Waals surface area (Å²) in [5, 5.41) is 2.82. The van der Waals surface area contributed by atoms with Crippen LogP contribution in [0.25, 0.3) is 0 Å². The molecule has 4 rings (SSSR count). The van der Waals surface area contributed by atoms with Crippen LogP contribution in [0.3, 0.4) is 0 Å². The molecule has 0 saturated carbocycles. The lowest BCUT2D eigenvalue weighted by atomic mass is 10.1. The summed E-state index contributed by atoms with van der Waals surface area (Å²) >= 11 is 1.48. The summed E-state index contributed by atoms with van der Waals surface area (Å²) in [6, 6.07) is 8.75. The fourth-order valence-electron chi connectivity index (χ4n) is 4.00. The molecule has 0 spiro atoms. The highest BCUT2D eigenvalue weighted by Gasteiger charge is 2.30. The van der Waals surface area contributed by atoms with Crippen LogP contribution in [0, 0.1) is 0 Å². The van der Waals surface area contributed by atoms with E-state index in [-0.39, 0.29) is 30.9 Å². The Labute approximate surface area is 173 Å². The Bertz CT molecular complexity index is 929. The Morgan fingerprint density at radius 1 is 1.21 bits per heavy atom. The van der Waals surface area contributed by atoms with Crippen LogP contribution >= 0.6 is 11.3 Å². The van der Waals surface area contributed by atoms with Crippen LogP contribution in [-0.2, 0) is 27.2 Å². The van der Waals surface area contributed by atoms with Gasteiger partial charge in [-0.15, -0.1) is 11.3 Å². The van der Waals surface area contributed by atoms with Crippen LogP contribution in [-0.4, -0.2) is 30.4 Å². The maximum absolute atomic E-state index is 12.9. The number of hydrogen-bond donors (Lipinski definition) is 1. The number of fused-ring (bicyclic) bond motifs is 2. The molecule has 2 heterocycles. The highest BCUT2D eigenvalue weighted by molar-refractivity contribution is 7.14. The molecule has 1 aliphatic heterocycles. The van der Waals surface area contributed by atoms with Gasteiger partial charge in [-0.1, -0.05) is 18.6 Å². The number of benzene rings is 1. The molecule has 1 atom stereocenters. The van der Waals surface area contributed by atoms with Crippen molar-refractivity contribution in [1.82, 2.24) is 0 Å². The zero-order chi connectivity index (χ0) is 20.4. The molecule has 1 N–H and O–H groups in total. The van der Waals surface area contributed by atoms with E-state index in [4.69, 9.17) is 4.74 Å². The number of nitrogens with zero attached hydrogens (tertiary/aromatic N) is 1. The molecule has 7 heteroatoms. The number of amides is 2. The summed E-state index contributed by atoms with van der Waals surface area (Å²) in [5.41, 5.74) is 2.45. The summed E-state index contributed by atoms with van der Waals surface area (Å²) in [4.78, 5) is 40.9. The predicted molar refractivity (Wildman–Crippen MR) is 112 cm³/mol. The van der Waals surface area contributed by atoms with Gasteiger partial charge in [0.15, 0.2) is 6.61 Å². The number of ether oxygens (including phenoxy) is 1. The van der Waals surface area contributed by atoms with Crippen LogP contribution in [0.5, 0.6) is 0 Å². The second-order valence-corrected chi connectivity index (χ2v) is 8.71. The summed E-state index contributed by atoms with van der Waals surface area (Å²) in [6.45, 7) is 1.46. The van der Waals surface area contributed by atoms with Crippen LogP contribution in [0.1, 0.15) is 52.7 Å². The molecule has 2 amide bonds. The molecule has 1 aromatic carbocycles. The van der Waals surface area contributed by atoms with Gasteiger partial charge in [-0.05, 0) is 56.4 Å². The molecule has 1 unspecified atom stereocenters. The lowest BCUT2D eigenvalue weighted by Crippen LogP contribution is -2.41. The zero-order valence-electron chi connectivity index (χ0n) is 16.4. The third kappa shape index (κ3) is 4.19. The fraction of sp³-hybridized carbons (Fsp3) is 0.409. The largest absolute Gasteiger partial charge is 0.451 e. The summed E-state index contributed by atoms with van der Waals surface area (Å²) in [5.74, 6) is -0.938. The minimum absolute atomic E-state index is 0.141. The number of anilines is 2. The number of rotatable bonds is 3. The molecular formula is C22H24N2O4S. The van der Waals surface area contributed by atoms with Crippen molar-refractivity contribution in [3.8, 4) is 0 Å². The Morgan fingerprint density at radius 3 is 2.86 bits per heavy atom. The molecule has 1 aliphatic carbocycles. The average Bonchev–Trinajstić information content (AvgIpc) is 2.89. The lowest BCUT2D eigenvalue weighted by molar-refractivity contribution is -0.122. The molecular weight excluding hydrogens is 388 g/mol. The molecule has 0 saturated heterocycles. The first-order chi connectivity index (χ1) is 14.0. The van der Waals surface area contributed by atoms with Gasteiger partial charge in [0.1, 0.15) is 4.88 Å². The number of esters is 1. The number of para-hydroxylation sites is 2.